The third-order valence-electron chi connectivity index (χ3n) is 4.47. The zero-order chi connectivity index (χ0) is 16.7. The van der Waals surface area contributed by atoms with Crippen molar-refractivity contribution in [1.82, 2.24) is 25.3 Å². The molecule has 2 N–H and O–H groups in total. The Hall–Kier alpha value is -2.96. The van der Waals surface area contributed by atoms with Gasteiger partial charge in [-0.15, -0.1) is 0 Å². The highest BCUT2D eigenvalue weighted by molar-refractivity contribution is 6.04. The molecule has 0 saturated heterocycles. The van der Waals surface area contributed by atoms with Gasteiger partial charge in [0.1, 0.15) is 0 Å². The molecule has 24 heavy (non-hydrogen) atoms. The molecule has 7 nitrogen and oxygen atoms in total. The van der Waals surface area contributed by atoms with Crippen LogP contribution < -0.4 is 10.9 Å². The van der Waals surface area contributed by atoms with E-state index in [0.29, 0.717) is 12.1 Å². The van der Waals surface area contributed by atoms with Crippen LogP contribution in [-0.2, 0) is 19.9 Å². The average molecular weight is 323 g/mol. The van der Waals surface area contributed by atoms with E-state index in [1.165, 1.54) is 4.68 Å². The molecule has 4 rings (SSSR count). The van der Waals surface area contributed by atoms with Crippen molar-refractivity contribution in [2.24, 2.45) is 7.05 Å². The van der Waals surface area contributed by atoms with Gasteiger partial charge in [-0.25, -0.2) is 4.68 Å². The van der Waals surface area contributed by atoms with E-state index in [1.54, 1.807) is 13.1 Å². The van der Waals surface area contributed by atoms with E-state index in [0.717, 1.165) is 35.0 Å². The summed E-state index contributed by atoms with van der Waals surface area (Å²) in [5.41, 5.74) is 2.97. The van der Waals surface area contributed by atoms with Crippen LogP contribution in [0.1, 0.15) is 28.2 Å². The van der Waals surface area contributed by atoms with E-state index in [-0.39, 0.29) is 17.5 Å². The first-order valence-corrected chi connectivity index (χ1v) is 7.92. The van der Waals surface area contributed by atoms with Gasteiger partial charge in [0.05, 0.1) is 11.2 Å². The van der Waals surface area contributed by atoms with Crippen LogP contribution in [0.4, 0.5) is 0 Å². The second-order valence-corrected chi connectivity index (χ2v) is 6.11. The lowest BCUT2D eigenvalue weighted by Gasteiger charge is -2.24. The smallest absolute Gasteiger partial charge is 0.272 e. The predicted octanol–water partition coefficient (Wildman–Crippen LogP) is 0.944. The Balaban J connectivity index is 1.55. The number of hydrogen-bond donors (Lipinski definition) is 2. The van der Waals surface area contributed by atoms with E-state index in [9.17, 15) is 9.59 Å². The number of carbonyl (C=O) groups excluding carboxylic acids is 1. The molecule has 1 amide bonds. The van der Waals surface area contributed by atoms with Gasteiger partial charge in [-0.3, -0.25) is 14.7 Å². The number of hydrogen-bond acceptors (Lipinski definition) is 4. The molecule has 7 heteroatoms. The number of aromatic amines is 1. The topological polar surface area (TPSA) is 92.7 Å². The number of amides is 1. The normalized spacial score (nSPS) is 16.8. The molecular weight excluding hydrogens is 306 g/mol. The van der Waals surface area contributed by atoms with Crippen LogP contribution in [0.3, 0.4) is 0 Å². The molecule has 0 spiro atoms. The summed E-state index contributed by atoms with van der Waals surface area (Å²) in [4.78, 5) is 24.3. The van der Waals surface area contributed by atoms with Crippen molar-refractivity contribution in [2.45, 2.75) is 25.3 Å². The summed E-state index contributed by atoms with van der Waals surface area (Å²) in [5.74, 6) is -0.197. The Kier molecular flexibility index (Phi) is 3.41. The summed E-state index contributed by atoms with van der Waals surface area (Å²) in [6, 6.07) is 9.13. The Labute approximate surface area is 137 Å². The molecule has 1 atom stereocenters. The third-order valence-corrected chi connectivity index (χ3v) is 4.47. The fourth-order valence-electron chi connectivity index (χ4n) is 3.20. The minimum atomic E-state index is -0.197. The lowest BCUT2D eigenvalue weighted by atomic mass is 9.92. The van der Waals surface area contributed by atoms with E-state index in [4.69, 9.17) is 0 Å². The van der Waals surface area contributed by atoms with E-state index >= 15 is 0 Å². The fraction of sp³-hybridized carbons (Fsp3) is 0.294. The van der Waals surface area contributed by atoms with Crippen molar-refractivity contribution in [3.05, 3.63) is 57.6 Å². The van der Waals surface area contributed by atoms with Crippen LogP contribution >= 0.6 is 0 Å². The summed E-state index contributed by atoms with van der Waals surface area (Å²) < 4.78 is 1.35. The van der Waals surface area contributed by atoms with Gasteiger partial charge in [-0.1, -0.05) is 18.2 Å². The molecule has 0 aliphatic heterocycles. The first kappa shape index (κ1) is 14.6. The number of benzene rings is 1. The van der Waals surface area contributed by atoms with Crippen LogP contribution in [0.25, 0.3) is 10.9 Å². The highest BCUT2D eigenvalue weighted by Crippen LogP contribution is 2.19. The standard InChI is InChI=1S/C17H17N5O2/c1-22-15(23)9-10-8-11(6-7-13(10)21-22)18-17(24)16-12-4-2-3-5-14(12)19-20-16/h2-5,9,11H,6-8H2,1H3,(H,18,24)(H,19,20)/t11-/m0/s1. The molecule has 0 unspecified atom stereocenters. The molecule has 0 saturated carbocycles. The summed E-state index contributed by atoms with van der Waals surface area (Å²) >= 11 is 0. The van der Waals surface area contributed by atoms with Crippen molar-refractivity contribution < 1.29 is 4.79 Å². The predicted molar refractivity (Wildman–Crippen MR) is 88.9 cm³/mol. The summed E-state index contributed by atoms with van der Waals surface area (Å²) in [6.07, 6.45) is 2.16. The van der Waals surface area contributed by atoms with E-state index in [2.05, 4.69) is 20.6 Å². The largest absolute Gasteiger partial charge is 0.348 e. The number of nitrogens with one attached hydrogen (secondary N) is 2. The summed E-state index contributed by atoms with van der Waals surface area (Å²) in [5, 5.41) is 15.1. The van der Waals surface area contributed by atoms with Crippen LogP contribution in [0.15, 0.2) is 35.1 Å². The summed E-state index contributed by atoms with van der Waals surface area (Å²) in [7, 11) is 1.65. The van der Waals surface area contributed by atoms with Gasteiger partial charge in [0, 0.05) is 24.5 Å². The Morgan fingerprint density at radius 3 is 3.08 bits per heavy atom. The highest BCUT2D eigenvalue weighted by Gasteiger charge is 2.24. The number of nitrogens with zero attached hydrogens (tertiary/aromatic N) is 3. The maximum Gasteiger partial charge on any atom is 0.272 e. The molecule has 3 aromatic rings. The summed E-state index contributed by atoms with van der Waals surface area (Å²) in [6.45, 7) is 0. The lowest BCUT2D eigenvalue weighted by Crippen LogP contribution is -2.40. The molecule has 2 heterocycles. The second-order valence-electron chi connectivity index (χ2n) is 6.11. The zero-order valence-corrected chi connectivity index (χ0v) is 13.2. The average Bonchev–Trinajstić information content (AvgIpc) is 3.00. The molecular formula is C17H17N5O2. The molecule has 0 fully saturated rings. The first-order chi connectivity index (χ1) is 11.6. The van der Waals surface area contributed by atoms with Gasteiger partial charge in [0.15, 0.2) is 5.69 Å². The number of para-hydroxylation sites is 1. The van der Waals surface area contributed by atoms with Gasteiger partial charge >= 0.3 is 0 Å². The maximum atomic E-state index is 12.5. The SMILES string of the molecule is Cn1nc2c(cc1=O)C[C@@H](NC(=O)c1n[nH]c3ccccc13)CC2. The number of aromatic nitrogens is 4. The van der Waals surface area contributed by atoms with Crippen molar-refractivity contribution in [2.75, 3.05) is 0 Å². The van der Waals surface area contributed by atoms with Crippen molar-refractivity contribution in [3.8, 4) is 0 Å². The van der Waals surface area contributed by atoms with Gasteiger partial charge in [-0.05, 0) is 30.9 Å². The molecule has 0 bridgehead atoms. The highest BCUT2D eigenvalue weighted by atomic mass is 16.2. The zero-order valence-electron chi connectivity index (χ0n) is 13.2. The molecule has 2 aromatic heterocycles. The van der Waals surface area contributed by atoms with Crippen LogP contribution in [0.2, 0.25) is 0 Å². The second kappa shape index (κ2) is 5.59. The van der Waals surface area contributed by atoms with Gasteiger partial charge in [-0.2, -0.15) is 10.2 Å². The Morgan fingerprint density at radius 2 is 2.21 bits per heavy atom. The number of rotatable bonds is 2. The first-order valence-electron chi connectivity index (χ1n) is 7.92. The lowest BCUT2D eigenvalue weighted by molar-refractivity contribution is 0.0930. The van der Waals surface area contributed by atoms with Gasteiger partial charge in [0.25, 0.3) is 11.5 Å². The quantitative estimate of drug-likeness (QED) is 0.734. The number of fused-ring (bicyclic) bond motifs is 2. The van der Waals surface area contributed by atoms with Gasteiger partial charge < -0.3 is 5.32 Å². The number of H-pyrrole nitrogens is 1. The van der Waals surface area contributed by atoms with Crippen molar-refractivity contribution in [1.29, 1.82) is 0 Å². The molecule has 1 aromatic carbocycles. The van der Waals surface area contributed by atoms with E-state index < -0.39 is 0 Å². The maximum absolute atomic E-state index is 12.5. The number of carbonyl (C=O) groups is 1. The van der Waals surface area contributed by atoms with Crippen molar-refractivity contribution >= 4 is 16.8 Å². The van der Waals surface area contributed by atoms with Gasteiger partial charge in [0.2, 0.25) is 0 Å². The molecule has 122 valence electrons. The van der Waals surface area contributed by atoms with Crippen molar-refractivity contribution in [3.63, 3.8) is 0 Å². The van der Waals surface area contributed by atoms with E-state index in [1.807, 2.05) is 24.3 Å². The molecule has 1 aliphatic carbocycles. The fourth-order valence-corrected chi connectivity index (χ4v) is 3.20. The minimum Gasteiger partial charge on any atom is -0.348 e. The number of aryl methyl sites for hydroxylation is 2. The molecule has 1 aliphatic rings. The third kappa shape index (κ3) is 2.47. The van der Waals surface area contributed by atoms with Crippen LogP contribution in [0, 0.1) is 0 Å². The Bertz CT molecular complexity index is 988. The minimum absolute atomic E-state index is 0.0191. The van der Waals surface area contributed by atoms with Crippen LogP contribution in [-0.4, -0.2) is 31.9 Å². The monoisotopic (exact) mass is 323 g/mol. The Morgan fingerprint density at radius 1 is 1.38 bits per heavy atom. The van der Waals surface area contributed by atoms with Crippen LogP contribution in [0.5, 0.6) is 0 Å². The molecule has 0 radical (unpaired) electrons.